The number of amides is 1. The van der Waals surface area contributed by atoms with Gasteiger partial charge in [-0.05, 0) is 13.0 Å². The van der Waals surface area contributed by atoms with E-state index < -0.39 is 16.5 Å². The van der Waals surface area contributed by atoms with Gasteiger partial charge in [0.2, 0.25) is 0 Å². The molecular formula is C5H8N2O3. The molecule has 5 heteroatoms. The maximum absolute atomic E-state index is 10.6. The number of rotatable bonds is 2. The summed E-state index contributed by atoms with van der Waals surface area (Å²) in [6.07, 6.45) is 1.15. The second-order valence-electron chi connectivity index (χ2n) is 1.51. The lowest BCUT2D eigenvalue weighted by Crippen LogP contribution is -2.24. The zero-order valence-electron chi connectivity index (χ0n) is 5.75. The summed E-state index contributed by atoms with van der Waals surface area (Å²) in [6.45, 7) is 1.44. The Morgan fingerprint density at radius 1 is 1.70 bits per heavy atom. The van der Waals surface area contributed by atoms with Crippen molar-refractivity contribution in [3.05, 3.63) is 21.9 Å². The van der Waals surface area contributed by atoms with Crippen LogP contribution >= 0.6 is 0 Å². The quantitative estimate of drug-likeness (QED) is 0.334. The maximum atomic E-state index is 10.6. The van der Waals surface area contributed by atoms with Gasteiger partial charge in [0.1, 0.15) is 0 Å². The fourth-order valence-corrected chi connectivity index (χ4v) is 0.447. The highest BCUT2D eigenvalue weighted by molar-refractivity contribution is 5.90. The van der Waals surface area contributed by atoms with E-state index in [4.69, 9.17) is 0 Å². The molecule has 0 atom stereocenters. The van der Waals surface area contributed by atoms with Crippen LogP contribution < -0.4 is 5.32 Å². The molecule has 0 bridgehead atoms. The van der Waals surface area contributed by atoms with Crippen LogP contribution in [0.4, 0.5) is 0 Å². The number of carbonyl (C=O) groups excluding carboxylic acids is 1. The van der Waals surface area contributed by atoms with Gasteiger partial charge in [0.15, 0.2) is 0 Å². The number of hydrogen-bond donors (Lipinski definition) is 1. The second-order valence-corrected chi connectivity index (χ2v) is 1.51. The largest absolute Gasteiger partial charge is 0.350 e. The minimum absolute atomic E-state index is 0.428. The van der Waals surface area contributed by atoms with Crippen LogP contribution in [0, 0.1) is 10.1 Å². The lowest BCUT2D eigenvalue weighted by atomic mass is 10.4. The topological polar surface area (TPSA) is 72.2 Å². The van der Waals surface area contributed by atoms with Gasteiger partial charge in [0, 0.05) is 7.05 Å². The lowest BCUT2D eigenvalue weighted by molar-refractivity contribution is -0.419. The smallest absolute Gasteiger partial charge is 0.329 e. The van der Waals surface area contributed by atoms with E-state index in [1.54, 1.807) is 0 Å². The van der Waals surface area contributed by atoms with E-state index in [1.807, 2.05) is 0 Å². The molecule has 56 valence electrons. The number of nitrogens with one attached hydrogen (secondary N) is 1. The van der Waals surface area contributed by atoms with Crippen LogP contribution in [-0.2, 0) is 4.79 Å². The highest BCUT2D eigenvalue weighted by atomic mass is 16.6. The van der Waals surface area contributed by atoms with Gasteiger partial charge in [0.25, 0.3) is 0 Å². The van der Waals surface area contributed by atoms with Crippen LogP contribution in [0.2, 0.25) is 0 Å². The first-order valence-corrected chi connectivity index (χ1v) is 2.66. The SMILES string of the molecule is C/C=C(\C(=O)NC)[N+](=O)[O-]. The third-order valence-electron chi connectivity index (χ3n) is 0.930. The standard InChI is InChI=1S/C5H8N2O3/c1-3-4(7(9)10)5(8)6-2/h3H,1-2H3,(H,6,8)/b4-3+. The normalized spacial score (nSPS) is 10.8. The van der Waals surface area contributed by atoms with E-state index in [0.29, 0.717) is 0 Å². The number of likely N-dealkylation sites (N-methyl/N-ethyl adjacent to an activating group) is 1. The highest BCUT2D eigenvalue weighted by Crippen LogP contribution is 1.93. The predicted molar refractivity (Wildman–Crippen MR) is 34.8 cm³/mol. The average Bonchev–Trinajstić information content (AvgIpc) is 1.88. The van der Waals surface area contributed by atoms with Gasteiger partial charge in [0.05, 0.1) is 4.92 Å². The van der Waals surface area contributed by atoms with E-state index in [0.717, 1.165) is 6.08 Å². The monoisotopic (exact) mass is 144 g/mol. The summed E-state index contributed by atoms with van der Waals surface area (Å²) in [5.41, 5.74) is -0.428. The summed E-state index contributed by atoms with van der Waals surface area (Å²) in [5.74, 6) is -0.674. The second kappa shape index (κ2) is 3.60. The highest BCUT2D eigenvalue weighted by Gasteiger charge is 2.17. The van der Waals surface area contributed by atoms with Crippen molar-refractivity contribution < 1.29 is 9.72 Å². The van der Waals surface area contributed by atoms with Crippen LogP contribution in [0.3, 0.4) is 0 Å². The number of allylic oxidation sites excluding steroid dienone is 1. The molecule has 0 heterocycles. The Labute approximate surface area is 57.9 Å². The molecule has 10 heavy (non-hydrogen) atoms. The number of nitro groups is 1. The molecule has 0 aromatic heterocycles. The van der Waals surface area contributed by atoms with Gasteiger partial charge in [-0.3, -0.25) is 14.9 Å². The van der Waals surface area contributed by atoms with Crippen LogP contribution in [0.1, 0.15) is 6.92 Å². The molecule has 0 saturated carbocycles. The van der Waals surface area contributed by atoms with E-state index in [1.165, 1.54) is 14.0 Å². The van der Waals surface area contributed by atoms with Gasteiger partial charge in [-0.25, -0.2) is 0 Å². The number of hydrogen-bond acceptors (Lipinski definition) is 3. The molecule has 0 fully saturated rings. The summed E-state index contributed by atoms with van der Waals surface area (Å²) in [7, 11) is 1.34. The number of nitrogens with zero attached hydrogens (tertiary/aromatic N) is 1. The minimum atomic E-state index is -0.723. The van der Waals surface area contributed by atoms with E-state index in [-0.39, 0.29) is 0 Å². The molecule has 0 aliphatic heterocycles. The Morgan fingerprint density at radius 2 is 2.20 bits per heavy atom. The molecule has 0 aliphatic carbocycles. The van der Waals surface area contributed by atoms with Crippen molar-refractivity contribution >= 4 is 5.91 Å². The molecule has 0 aromatic rings. The minimum Gasteiger partial charge on any atom is -0.350 e. The van der Waals surface area contributed by atoms with Crippen LogP contribution in [0.15, 0.2) is 11.8 Å². The Kier molecular flexibility index (Phi) is 3.10. The third-order valence-corrected chi connectivity index (χ3v) is 0.930. The molecule has 0 radical (unpaired) electrons. The molecule has 0 aromatic carbocycles. The van der Waals surface area contributed by atoms with Crippen molar-refractivity contribution in [2.24, 2.45) is 0 Å². The molecule has 1 N–H and O–H groups in total. The summed E-state index contributed by atoms with van der Waals surface area (Å²) < 4.78 is 0. The molecule has 0 spiro atoms. The maximum Gasteiger partial charge on any atom is 0.329 e. The van der Waals surface area contributed by atoms with Gasteiger partial charge in [-0.2, -0.15) is 0 Å². The van der Waals surface area contributed by atoms with Crippen molar-refractivity contribution in [2.45, 2.75) is 6.92 Å². The van der Waals surface area contributed by atoms with Crippen molar-refractivity contribution in [3.63, 3.8) is 0 Å². The van der Waals surface area contributed by atoms with Crippen molar-refractivity contribution in [3.8, 4) is 0 Å². The molecule has 0 rings (SSSR count). The van der Waals surface area contributed by atoms with E-state index in [9.17, 15) is 14.9 Å². The summed E-state index contributed by atoms with van der Waals surface area (Å²) in [5, 5.41) is 12.2. The molecular weight excluding hydrogens is 136 g/mol. The van der Waals surface area contributed by atoms with Gasteiger partial charge in [-0.15, -0.1) is 0 Å². The van der Waals surface area contributed by atoms with Crippen LogP contribution in [0.25, 0.3) is 0 Å². The van der Waals surface area contributed by atoms with Gasteiger partial charge < -0.3 is 5.32 Å². The first-order valence-electron chi connectivity index (χ1n) is 2.66. The summed E-state index contributed by atoms with van der Waals surface area (Å²) in [6, 6.07) is 0. The number of carbonyl (C=O) groups is 1. The fraction of sp³-hybridized carbons (Fsp3) is 0.400. The van der Waals surface area contributed by atoms with Gasteiger partial charge >= 0.3 is 11.6 Å². The van der Waals surface area contributed by atoms with Crippen molar-refractivity contribution in [1.82, 2.24) is 5.32 Å². The Balaban J connectivity index is 4.39. The Hall–Kier alpha value is -1.39. The van der Waals surface area contributed by atoms with Crippen molar-refractivity contribution in [1.29, 1.82) is 0 Å². The van der Waals surface area contributed by atoms with E-state index in [2.05, 4.69) is 5.32 Å². The zero-order chi connectivity index (χ0) is 8.15. The van der Waals surface area contributed by atoms with Crippen LogP contribution in [0.5, 0.6) is 0 Å². The summed E-state index contributed by atoms with van der Waals surface area (Å²) >= 11 is 0. The Bertz CT molecular complexity index is 185. The predicted octanol–water partition coefficient (Wildman–Crippen LogP) is -0.0871. The summed E-state index contributed by atoms with van der Waals surface area (Å²) in [4.78, 5) is 19.8. The van der Waals surface area contributed by atoms with Crippen LogP contribution in [-0.4, -0.2) is 17.9 Å². The Morgan fingerprint density at radius 3 is 2.30 bits per heavy atom. The van der Waals surface area contributed by atoms with Gasteiger partial charge in [-0.1, -0.05) is 0 Å². The molecule has 5 nitrogen and oxygen atoms in total. The van der Waals surface area contributed by atoms with Crippen molar-refractivity contribution in [2.75, 3.05) is 7.05 Å². The van der Waals surface area contributed by atoms with E-state index >= 15 is 0 Å². The molecule has 1 amide bonds. The lowest BCUT2D eigenvalue weighted by Gasteiger charge is -1.93. The third kappa shape index (κ3) is 1.85. The molecule has 0 aliphatic rings. The molecule has 0 saturated heterocycles. The fourth-order valence-electron chi connectivity index (χ4n) is 0.447. The average molecular weight is 144 g/mol. The first-order chi connectivity index (χ1) is 4.63. The zero-order valence-corrected chi connectivity index (χ0v) is 5.75. The first kappa shape index (κ1) is 8.61. The molecule has 0 unspecified atom stereocenters.